The normalized spacial score (nSPS) is 10.7. The van der Waals surface area contributed by atoms with Crippen molar-refractivity contribution in [3.8, 4) is 5.69 Å². The molecular formula is C14H16N2O3. The van der Waals surface area contributed by atoms with Gasteiger partial charge in [-0.05, 0) is 37.5 Å². The summed E-state index contributed by atoms with van der Waals surface area (Å²) in [6.07, 6.45) is 1.95. The Morgan fingerprint density at radius 1 is 1.37 bits per heavy atom. The molecule has 0 saturated heterocycles. The first-order chi connectivity index (χ1) is 9.04. The average Bonchev–Trinajstić information content (AvgIpc) is 2.77. The van der Waals surface area contributed by atoms with Gasteiger partial charge in [0.25, 0.3) is 0 Å². The zero-order chi connectivity index (χ0) is 14.0. The van der Waals surface area contributed by atoms with Crippen molar-refractivity contribution in [3.63, 3.8) is 0 Å². The summed E-state index contributed by atoms with van der Waals surface area (Å²) in [6, 6.07) is 5.80. The fraction of sp³-hybridized carbons (Fsp3) is 0.286. The van der Waals surface area contributed by atoms with Crippen LogP contribution < -0.4 is 0 Å². The Kier molecular flexibility index (Phi) is 3.66. The molecule has 5 nitrogen and oxygen atoms in total. The van der Waals surface area contributed by atoms with E-state index >= 15 is 0 Å². The molecule has 0 unspecified atom stereocenters. The summed E-state index contributed by atoms with van der Waals surface area (Å²) < 4.78 is 1.57. The van der Waals surface area contributed by atoms with Crippen molar-refractivity contribution < 1.29 is 15.0 Å². The summed E-state index contributed by atoms with van der Waals surface area (Å²) in [5.74, 6) is -1.08. The zero-order valence-electron chi connectivity index (χ0n) is 10.9. The van der Waals surface area contributed by atoms with E-state index in [9.17, 15) is 4.79 Å². The number of nitrogens with zero attached hydrogens (tertiary/aromatic N) is 2. The third-order valence-corrected chi connectivity index (χ3v) is 3.20. The lowest BCUT2D eigenvalue weighted by Gasteiger charge is -2.07. The molecular weight excluding hydrogens is 244 g/mol. The van der Waals surface area contributed by atoms with Crippen LogP contribution in [0.2, 0.25) is 0 Å². The van der Waals surface area contributed by atoms with Crippen molar-refractivity contribution in [2.45, 2.75) is 20.3 Å². The number of hydrogen-bond donors (Lipinski definition) is 2. The van der Waals surface area contributed by atoms with Crippen molar-refractivity contribution in [1.82, 2.24) is 9.78 Å². The Morgan fingerprint density at radius 3 is 2.74 bits per heavy atom. The smallest absolute Gasteiger partial charge is 0.356 e. The van der Waals surface area contributed by atoms with Crippen LogP contribution in [-0.2, 0) is 6.42 Å². The fourth-order valence-corrected chi connectivity index (χ4v) is 2.00. The molecule has 0 amide bonds. The highest BCUT2D eigenvalue weighted by atomic mass is 16.4. The van der Waals surface area contributed by atoms with Gasteiger partial charge >= 0.3 is 5.97 Å². The summed E-state index contributed by atoms with van der Waals surface area (Å²) in [5, 5.41) is 22.2. The molecule has 0 bridgehead atoms. The van der Waals surface area contributed by atoms with E-state index in [1.165, 1.54) is 0 Å². The molecule has 100 valence electrons. The van der Waals surface area contributed by atoms with Gasteiger partial charge in [0.2, 0.25) is 0 Å². The van der Waals surface area contributed by atoms with E-state index in [4.69, 9.17) is 10.2 Å². The Bertz CT molecular complexity index is 617. The molecule has 0 fully saturated rings. The molecule has 1 heterocycles. The van der Waals surface area contributed by atoms with Gasteiger partial charge in [-0.1, -0.05) is 12.1 Å². The predicted octanol–water partition coefficient (Wildman–Crippen LogP) is 1.72. The van der Waals surface area contributed by atoms with Gasteiger partial charge in [-0.2, -0.15) is 5.10 Å². The molecule has 0 aliphatic rings. The van der Waals surface area contributed by atoms with Gasteiger partial charge in [0, 0.05) is 18.4 Å². The van der Waals surface area contributed by atoms with Crippen LogP contribution in [0, 0.1) is 13.8 Å². The number of rotatable bonds is 4. The Balaban J connectivity index is 2.54. The van der Waals surface area contributed by atoms with E-state index in [0.717, 1.165) is 16.8 Å². The van der Waals surface area contributed by atoms with Gasteiger partial charge in [-0.3, -0.25) is 0 Å². The maximum absolute atomic E-state index is 11.1. The molecule has 0 aliphatic carbocycles. The van der Waals surface area contributed by atoms with Gasteiger partial charge in [-0.15, -0.1) is 0 Å². The van der Waals surface area contributed by atoms with E-state index < -0.39 is 5.97 Å². The first-order valence-corrected chi connectivity index (χ1v) is 6.04. The number of aromatic nitrogens is 2. The second-order valence-electron chi connectivity index (χ2n) is 4.45. The van der Waals surface area contributed by atoms with Crippen molar-refractivity contribution >= 4 is 5.97 Å². The van der Waals surface area contributed by atoms with E-state index in [-0.39, 0.29) is 18.7 Å². The van der Waals surface area contributed by atoms with Crippen LogP contribution in [0.25, 0.3) is 5.69 Å². The standard InChI is InChI=1S/C14H16N2O3/c1-9-4-3-5-12(10(9)2)16-8-11(6-7-17)13(15-16)14(18)19/h3-5,8,17H,6-7H2,1-2H3,(H,18,19). The van der Waals surface area contributed by atoms with Gasteiger partial charge < -0.3 is 10.2 Å². The summed E-state index contributed by atoms with van der Waals surface area (Å²) >= 11 is 0. The molecule has 0 radical (unpaired) electrons. The summed E-state index contributed by atoms with van der Waals surface area (Å²) in [5.41, 5.74) is 3.56. The summed E-state index contributed by atoms with van der Waals surface area (Å²) in [6.45, 7) is 3.87. The van der Waals surface area contributed by atoms with Crippen molar-refractivity contribution in [1.29, 1.82) is 0 Å². The van der Waals surface area contributed by atoms with Crippen LogP contribution in [0.5, 0.6) is 0 Å². The van der Waals surface area contributed by atoms with Crippen LogP contribution in [0.4, 0.5) is 0 Å². The minimum atomic E-state index is -1.08. The minimum Gasteiger partial charge on any atom is -0.476 e. The number of carboxylic acid groups (broad SMARTS) is 1. The lowest BCUT2D eigenvalue weighted by atomic mass is 10.1. The van der Waals surface area contributed by atoms with Crippen molar-refractivity contribution in [3.05, 3.63) is 46.8 Å². The van der Waals surface area contributed by atoms with Crippen LogP contribution in [0.1, 0.15) is 27.2 Å². The SMILES string of the molecule is Cc1cccc(-n2cc(CCO)c(C(=O)O)n2)c1C. The average molecular weight is 260 g/mol. The molecule has 0 saturated carbocycles. The second-order valence-corrected chi connectivity index (χ2v) is 4.45. The monoisotopic (exact) mass is 260 g/mol. The lowest BCUT2D eigenvalue weighted by Crippen LogP contribution is -2.04. The minimum absolute atomic E-state index is 0.00467. The van der Waals surface area contributed by atoms with Gasteiger partial charge in [0.05, 0.1) is 5.69 Å². The maximum Gasteiger partial charge on any atom is 0.356 e. The topological polar surface area (TPSA) is 75.4 Å². The number of carbonyl (C=O) groups is 1. The lowest BCUT2D eigenvalue weighted by molar-refractivity contribution is 0.0688. The number of aliphatic hydroxyl groups is 1. The number of aromatic carboxylic acids is 1. The van der Waals surface area contributed by atoms with E-state index in [0.29, 0.717) is 5.56 Å². The number of aryl methyl sites for hydroxylation is 1. The molecule has 2 aromatic rings. The molecule has 0 spiro atoms. The molecule has 2 rings (SSSR count). The Labute approximate surface area is 111 Å². The molecule has 5 heteroatoms. The van der Waals surface area contributed by atoms with Gasteiger partial charge in [0.15, 0.2) is 5.69 Å². The first-order valence-electron chi connectivity index (χ1n) is 6.04. The number of aliphatic hydroxyl groups excluding tert-OH is 1. The van der Waals surface area contributed by atoms with Crippen LogP contribution >= 0.6 is 0 Å². The van der Waals surface area contributed by atoms with Crippen molar-refractivity contribution in [2.24, 2.45) is 0 Å². The van der Waals surface area contributed by atoms with Crippen LogP contribution in [0.3, 0.4) is 0 Å². The van der Waals surface area contributed by atoms with Gasteiger partial charge in [0.1, 0.15) is 0 Å². The predicted molar refractivity (Wildman–Crippen MR) is 70.8 cm³/mol. The largest absolute Gasteiger partial charge is 0.476 e. The third kappa shape index (κ3) is 2.51. The maximum atomic E-state index is 11.1. The van der Waals surface area contributed by atoms with E-state index in [2.05, 4.69) is 5.10 Å². The summed E-state index contributed by atoms with van der Waals surface area (Å²) in [4.78, 5) is 11.1. The number of benzene rings is 1. The second kappa shape index (κ2) is 5.24. The zero-order valence-corrected chi connectivity index (χ0v) is 10.9. The quantitative estimate of drug-likeness (QED) is 0.877. The molecule has 0 atom stereocenters. The van der Waals surface area contributed by atoms with Crippen molar-refractivity contribution in [2.75, 3.05) is 6.61 Å². The van der Waals surface area contributed by atoms with Gasteiger partial charge in [-0.25, -0.2) is 9.48 Å². The first kappa shape index (κ1) is 13.3. The highest BCUT2D eigenvalue weighted by molar-refractivity contribution is 5.87. The Hall–Kier alpha value is -2.14. The number of hydrogen-bond acceptors (Lipinski definition) is 3. The number of carboxylic acids is 1. The molecule has 0 aliphatic heterocycles. The fourth-order valence-electron chi connectivity index (χ4n) is 2.00. The highest BCUT2D eigenvalue weighted by Gasteiger charge is 2.16. The third-order valence-electron chi connectivity index (χ3n) is 3.20. The Morgan fingerprint density at radius 2 is 2.11 bits per heavy atom. The van der Waals surface area contributed by atoms with E-state index in [1.54, 1.807) is 10.9 Å². The molecule has 2 N–H and O–H groups in total. The molecule has 1 aromatic carbocycles. The van der Waals surface area contributed by atoms with Crippen LogP contribution in [-0.4, -0.2) is 32.6 Å². The van der Waals surface area contributed by atoms with Crippen LogP contribution in [0.15, 0.2) is 24.4 Å². The molecule has 1 aromatic heterocycles. The molecule has 19 heavy (non-hydrogen) atoms. The van der Waals surface area contributed by atoms with E-state index in [1.807, 2.05) is 32.0 Å². The highest BCUT2D eigenvalue weighted by Crippen LogP contribution is 2.19. The summed E-state index contributed by atoms with van der Waals surface area (Å²) in [7, 11) is 0.